The Bertz CT molecular complexity index is 563. The molecule has 0 atom stereocenters. The van der Waals surface area contributed by atoms with Gasteiger partial charge in [0, 0.05) is 16.6 Å². The number of hydrogen-bond donors (Lipinski definition) is 2. The number of halogens is 3. The zero-order chi connectivity index (χ0) is 12.4. The van der Waals surface area contributed by atoms with Gasteiger partial charge in [-0.25, -0.2) is 0 Å². The number of phenols is 1. The predicted molar refractivity (Wildman–Crippen MR) is 80.4 cm³/mol. The van der Waals surface area contributed by atoms with Crippen LogP contribution in [0.25, 0.3) is 0 Å². The Morgan fingerprint density at radius 3 is 2.44 bits per heavy atom. The Morgan fingerprint density at radius 2 is 1.78 bits per heavy atom. The summed E-state index contributed by atoms with van der Waals surface area (Å²) in [6.07, 6.45) is 0. The van der Waals surface area contributed by atoms with Gasteiger partial charge in [-0.15, -0.1) is 12.4 Å². The van der Waals surface area contributed by atoms with E-state index >= 15 is 0 Å². The summed E-state index contributed by atoms with van der Waals surface area (Å²) < 4.78 is 0. The van der Waals surface area contributed by atoms with Crippen LogP contribution in [-0.4, -0.2) is 5.11 Å². The van der Waals surface area contributed by atoms with Gasteiger partial charge >= 0.3 is 0 Å². The van der Waals surface area contributed by atoms with E-state index in [0.29, 0.717) is 20.6 Å². The van der Waals surface area contributed by atoms with Crippen LogP contribution in [0.2, 0.25) is 10.0 Å². The maximum atomic E-state index is 9.74. The average molecular weight is 323 g/mol. The largest absolute Gasteiger partial charge is 0.507 e. The normalized spacial score (nSPS) is 9.89. The van der Waals surface area contributed by atoms with E-state index in [2.05, 4.69) is 0 Å². The summed E-state index contributed by atoms with van der Waals surface area (Å²) >= 11 is 13.3. The van der Waals surface area contributed by atoms with Gasteiger partial charge in [0.05, 0.1) is 14.9 Å². The number of hydrogen-bond acceptors (Lipinski definition) is 3. The van der Waals surface area contributed by atoms with Crippen molar-refractivity contribution in [1.82, 2.24) is 0 Å². The van der Waals surface area contributed by atoms with Crippen molar-refractivity contribution in [3.63, 3.8) is 0 Å². The summed E-state index contributed by atoms with van der Waals surface area (Å²) in [7, 11) is 0. The molecule has 6 heteroatoms. The summed E-state index contributed by atoms with van der Waals surface area (Å²) in [5.41, 5.74) is 6.08. The molecule has 0 aliphatic carbocycles. The van der Waals surface area contributed by atoms with Gasteiger partial charge in [-0.2, -0.15) is 0 Å². The third kappa shape index (κ3) is 3.39. The van der Waals surface area contributed by atoms with Gasteiger partial charge < -0.3 is 10.8 Å². The van der Waals surface area contributed by atoms with Crippen molar-refractivity contribution in [2.45, 2.75) is 9.79 Å². The SMILES string of the molecule is Cl.Nc1ccc(Sc2cccc(Cl)c2Cl)c(O)c1. The van der Waals surface area contributed by atoms with E-state index in [-0.39, 0.29) is 18.2 Å². The zero-order valence-electron chi connectivity index (χ0n) is 9.06. The Labute approximate surface area is 126 Å². The van der Waals surface area contributed by atoms with E-state index in [1.165, 1.54) is 17.8 Å². The third-order valence-corrected chi connectivity index (χ3v) is 4.18. The molecule has 0 spiro atoms. The number of nitrogens with two attached hydrogens (primary N) is 1. The Morgan fingerprint density at radius 1 is 1.06 bits per heavy atom. The molecule has 3 N–H and O–H groups in total. The molecule has 2 nitrogen and oxygen atoms in total. The quantitative estimate of drug-likeness (QED) is 0.777. The molecule has 2 aromatic rings. The van der Waals surface area contributed by atoms with Crippen molar-refractivity contribution in [2.24, 2.45) is 0 Å². The van der Waals surface area contributed by atoms with E-state index in [1.54, 1.807) is 18.2 Å². The average Bonchev–Trinajstić information content (AvgIpc) is 2.28. The molecule has 2 aromatic carbocycles. The fraction of sp³-hybridized carbons (Fsp3) is 0. The lowest BCUT2D eigenvalue weighted by molar-refractivity contribution is 0.463. The van der Waals surface area contributed by atoms with Crippen molar-refractivity contribution < 1.29 is 5.11 Å². The maximum absolute atomic E-state index is 9.74. The molecule has 0 heterocycles. The zero-order valence-corrected chi connectivity index (χ0v) is 12.2. The van der Waals surface area contributed by atoms with Crippen LogP contribution in [0.3, 0.4) is 0 Å². The highest BCUT2D eigenvalue weighted by Crippen LogP contribution is 2.40. The molecular formula is C12H10Cl3NOS. The second kappa shape index (κ2) is 6.43. The standard InChI is InChI=1S/C12H9Cl2NOS.ClH/c13-8-2-1-3-11(12(8)14)17-10-5-4-7(15)6-9(10)16;/h1-6,16H,15H2;1H. The molecule has 0 radical (unpaired) electrons. The molecule has 0 saturated carbocycles. The Kier molecular flexibility index (Phi) is 5.47. The molecule has 0 aliphatic rings. The number of nitrogen functional groups attached to an aromatic ring is 1. The number of anilines is 1. The first-order chi connectivity index (χ1) is 8.08. The van der Waals surface area contributed by atoms with E-state index in [0.717, 1.165) is 4.90 Å². The van der Waals surface area contributed by atoms with E-state index in [4.69, 9.17) is 28.9 Å². The smallest absolute Gasteiger partial charge is 0.131 e. The van der Waals surface area contributed by atoms with Crippen molar-refractivity contribution in [3.05, 3.63) is 46.4 Å². The Hall–Kier alpha value is -0.740. The Balaban J connectivity index is 0.00000162. The molecular weight excluding hydrogens is 313 g/mol. The minimum absolute atomic E-state index is 0. The van der Waals surface area contributed by atoms with Crippen LogP contribution in [0.15, 0.2) is 46.2 Å². The fourth-order valence-corrected chi connectivity index (χ4v) is 2.66. The molecule has 0 amide bonds. The summed E-state index contributed by atoms with van der Waals surface area (Å²) in [6, 6.07) is 10.3. The molecule has 96 valence electrons. The molecule has 0 saturated heterocycles. The van der Waals surface area contributed by atoms with Gasteiger partial charge in [-0.1, -0.05) is 41.0 Å². The fourth-order valence-electron chi connectivity index (χ4n) is 1.30. The van der Waals surface area contributed by atoms with Gasteiger partial charge in [0.15, 0.2) is 0 Å². The van der Waals surface area contributed by atoms with Crippen LogP contribution >= 0.6 is 47.4 Å². The van der Waals surface area contributed by atoms with Gasteiger partial charge in [0.1, 0.15) is 5.75 Å². The lowest BCUT2D eigenvalue weighted by Crippen LogP contribution is -1.84. The van der Waals surface area contributed by atoms with Crippen LogP contribution in [0.5, 0.6) is 5.75 Å². The summed E-state index contributed by atoms with van der Waals surface area (Å²) in [6.45, 7) is 0. The number of rotatable bonds is 2. The van der Waals surface area contributed by atoms with Crippen LogP contribution in [0, 0.1) is 0 Å². The van der Waals surface area contributed by atoms with Gasteiger partial charge in [-0.05, 0) is 24.3 Å². The molecule has 18 heavy (non-hydrogen) atoms. The highest BCUT2D eigenvalue weighted by atomic mass is 35.5. The lowest BCUT2D eigenvalue weighted by Gasteiger charge is -2.07. The van der Waals surface area contributed by atoms with Gasteiger partial charge in [0.2, 0.25) is 0 Å². The molecule has 0 unspecified atom stereocenters. The first-order valence-corrected chi connectivity index (χ1v) is 6.35. The third-order valence-electron chi connectivity index (χ3n) is 2.12. The van der Waals surface area contributed by atoms with Gasteiger partial charge in [-0.3, -0.25) is 0 Å². The lowest BCUT2D eigenvalue weighted by atomic mass is 10.3. The van der Waals surface area contributed by atoms with E-state index < -0.39 is 0 Å². The molecule has 2 rings (SSSR count). The molecule has 0 aromatic heterocycles. The molecule has 0 fully saturated rings. The first kappa shape index (κ1) is 15.3. The van der Waals surface area contributed by atoms with Crippen molar-refractivity contribution in [1.29, 1.82) is 0 Å². The van der Waals surface area contributed by atoms with Crippen LogP contribution < -0.4 is 5.73 Å². The van der Waals surface area contributed by atoms with Crippen LogP contribution in [0.4, 0.5) is 5.69 Å². The summed E-state index contributed by atoms with van der Waals surface area (Å²) in [5, 5.41) is 10.7. The molecule has 0 aliphatic heterocycles. The monoisotopic (exact) mass is 321 g/mol. The minimum atomic E-state index is 0. The van der Waals surface area contributed by atoms with Crippen molar-refractivity contribution in [2.75, 3.05) is 5.73 Å². The molecule has 0 bridgehead atoms. The van der Waals surface area contributed by atoms with Crippen LogP contribution in [0.1, 0.15) is 0 Å². The van der Waals surface area contributed by atoms with Crippen molar-refractivity contribution >= 4 is 53.1 Å². The minimum Gasteiger partial charge on any atom is -0.507 e. The number of phenolic OH excluding ortho intramolecular Hbond substituents is 1. The summed E-state index contributed by atoms with van der Waals surface area (Å²) in [4.78, 5) is 1.47. The topological polar surface area (TPSA) is 46.2 Å². The second-order valence-corrected chi connectivity index (χ2v) is 5.25. The van der Waals surface area contributed by atoms with Crippen LogP contribution in [-0.2, 0) is 0 Å². The number of benzene rings is 2. The highest BCUT2D eigenvalue weighted by Gasteiger charge is 2.09. The highest BCUT2D eigenvalue weighted by molar-refractivity contribution is 7.99. The number of aromatic hydroxyl groups is 1. The second-order valence-electron chi connectivity index (χ2n) is 3.38. The predicted octanol–water partition coefficient (Wildman–Crippen LogP) is 4.85. The first-order valence-electron chi connectivity index (χ1n) is 4.78. The maximum Gasteiger partial charge on any atom is 0.131 e. The van der Waals surface area contributed by atoms with E-state index in [9.17, 15) is 5.11 Å². The van der Waals surface area contributed by atoms with E-state index in [1.807, 2.05) is 12.1 Å². The van der Waals surface area contributed by atoms with Gasteiger partial charge in [0.25, 0.3) is 0 Å². The summed E-state index contributed by atoms with van der Waals surface area (Å²) in [5.74, 6) is 0.131. The van der Waals surface area contributed by atoms with Crippen molar-refractivity contribution in [3.8, 4) is 5.75 Å².